The molecule has 2 aliphatic heterocycles. The van der Waals surface area contributed by atoms with Gasteiger partial charge >= 0.3 is 12.1 Å². The number of benzene rings is 3. The van der Waals surface area contributed by atoms with Crippen molar-refractivity contribution in [1.29, 1.82) is 0 Å². The maximum absolute atomic E-state index is 14.4. The van der Waals surface area contributed by atoms with Crippen LogP contribution in [-0.2, 0) is 4.74 Å². The second kappa shape index (κ2) is 17.1. The van der Waals surface area contributed by atoms with E-state index in [9.17, 15) is 19.5 Å². The number of aliphatic hydroxyl groups is 1. The number of carbonyl (C=O) groups excluding carboxylic acids is 3. The minimum atomic E-state index is -0.547. The van der Waals surface area contributed by atoms with Gasteiger partial charge in [0, 0.05) is 55.8 Å². The van der Waals surface area contributed by atoms with E-state index in [4.69, 9.17) is 18.9 Å². The number of nitrogens with one attached hydrogen (secondary N) is 3. The Morgan fingerprint density at radius 1 is 0.920 bits per heavy atom. The number of urea groups is 2. The van der Waals surface area contributed by atoms with Crippen LogP contribution >= 0.6 is 0 Å². The average Bonchev–Trinajstić information content (AvgIpc) is 3.58. The first-order chi connectivity index (χ1) is 24.1. The van der Waals surface area contributed by atoms with Gasteiger partial charge in [-0.3, -0.25) is 4.79 Å². The SMILES string of the molecule is C[C@@H]1CCCCO[C@@H](CN(C)C(=O)Nc2ccc3c(c2)OCO3)[C@@H](C)CN([C@@H](C)CO)C(=O)c2cc(NC(=O)Nc3ccccc3)ccc2O1. The molecule has 0 spiro atoms. The lowest BCUT2D eigenvalue weighted by Gasteiger charge is -2.35. The van der Waals surface area contributed by atoms with Gasteiger partial charge in [-0.05, 0) is 75.6 Å². The number of ether oxygens (including phenoxy) is 4. The van der Waals surface area contributed by atoms with Crippen molar-refractivity contribution in [3.63, 3.8) is 0 Å². The lowest BCUT2D eigenvalue weighted by molar-refractivity contribution is -0.0115. The number of fused-ring (bicyclic) bond motifs is 2. The fraction of sp³-hybridized carbons (Fsp3) is 0.432. The van der Waals surface area contributed by atoms with Crippen LogP contribution in [-0.4, -0.2) is 91.3 Å². The van der Waals surface area contributed by atoms with E-state index in [1.54, 1.807) is 72.3 Å². The molecule has 3 aromatic carbocycles. The first-order valence-corrected chi connectivity index (χ1v) is 17.0. The predicted molar refractivity (Wildman–Crippen MR) is 190 cm³/mol. The third kappa shape index (κ3) is 9.57. The largest absolute Gasteiger partial charge is 0.490 e. The minimum absolute atomic E-state index is 0.138. The van der Waals surface area contributed by atoms with Gasteiger partial charge < -0.3 is 49.8 Å². The highest BCUT2D eigenvalue weighted by Crippen LogP contribution is 2.34. The molecule has 2 heterocycles. The van der Waals surface area contributed by atoms with Crippen molar-refractivity contribution in [3.8, 4) is 17.2 Å². The van der Waals surface area contributed by atoms with Crippen LogP contribution in [0.5, 0.6) is 17.2 Å². The number of carbonyl (C=O) groups is 3. The second-order valence-electron chi connectivity index (χ2n) is 12.8. The number of anilines is 3. The summed E-state index contributed by atoms with van der Waals surface area (Å²) in [5, 5.41) is 18.7. The smallest absolute Gasteiger partial charge is 0.323 e. The highest BCUT2D eigenvalue weighted by molar-refractivity contribution is 6.02. The quantitative estimate of drug-likeness (QED) is 0.235. The molecule has 2 aliphatic rings. The number of hydrogen-bond donors (Lipinski definition) is 4. The summed E-state index contributed by atoms with van der Waals surface area (Å²) in [6.07, 6.45) is 1.72. The summed E-state index contributed by atoms with van der Waals surface area (Å²) in [5.74, 6) is 0.981. The van der Waals surface area contributed by atoms with E-state index in [2.05, 4.69) is 16.0 Å². The molecule has 0 bridgehead atoms. The van der Waals surface area contributed by atoms with Crippen molar-refractivity contribution in [2.45, 2.75) is 58.3 Å². The summed E-state index contributed by atoms with van der Waals surface area (Å²) in [6.45, 7) is 6.51. The molecule has 0 fully saturated rings. The number of nitrogens with zero attached hydrogens (tertiary/aromatic N) is 2. The van der Waals surface area contributed by atoms with Gasteiger partial charge in [-0.1, -0.05) is 25.1 Å². The van der Waals surface area contributed by atoms with Crippen LogP contribution in [0.3, 0.4) is 0 Å². The molecule has 50 heavy (non-hydrogen) atoms. The van der Waals surface area contributed by atoms with Gasteiger partial charge in [0.15, 0.2) is 11.5 Å². The summed E-state index contributed by atoms with van der Waals surface area (Å²) in [4.78, 5) is 43.6. The summed E-state index contributed by atoms with van der Waals surface area (Å²) in [6, 6.07) is 17.9. The Balaban J connectivity index is 1.35. The molecular formula is C37H47N5O8. The van der Waals surface area contributed by atoms with Gasteiger partial charge in [0.25, 0.3) is 5.91 Å². The fourth-order valence-electron chi connectivity index (χ4n) is 5.82. The van der Waals surface area contributed by atoms with Gasteiger partial charge in [0.2, 0.25) is 6.79 Å². The standard InChI is InChI=1S/C37H47N5O8/c1-24-20-42(25(2)22-43)35(44)30-18-28(39-36(45)38-27-11-6-5-7-12-27)13-15-31(30)50-26(3)10-8-9-17-47-34(24)21-41(4)37(46)40-29-14-16-32-33(19-29)49-23-48-32/h5-7,11-16,18-19,24-26,34,43H,8-10,17,20-23H2,1-4H3,(H,40,46)(H2,38,39,45)/t24-,25-,26+,34-/m0/s1. The normalized spacial score (nSPS) is 20.1. The van der Waals surface area contributed by atoms with Crippen LogP contribution in [0.4, 0.5) is 26.7 Å². The van der Waals surface area contributed by atoms with Gasteiger partial charge in [-0.2, -0.15) is 0 Å². The van der Waals surface area contributed by atoms with E-state index in [-0.39, 0.29) is 56.0 Å². The third-order valence-electron chi connectivity index (χ3n) is 8.77. The van der Waals surface area contributed by atoms with Gasteiger partial charge in [0.05, 0.1) is 30.4 Å². The summed E-state index contributed by atoms with van der Waals surface area (Å²) in [5.41, 5.74) is 1.86. The Morgan fingerprint density at radius 3 is 2.38 bits per heavy atom. The van der Waals surface area contributed by atoms with Crippen LogP contribution in [0.1, 0.15) is 50.4 Å². The Morgan fingerprint density at radius 2 is 1.62 bits per heavy atom. The highest BCUT2D eigenvalue weighted by atomic mass is 16.7. The minimum Gasteiger partial charge on any atom is -0.490 e. The lowest BCUT2D eigenvalue weighted by atomic mass is 10.0. The van der Waals surface area contributed by atoms with Crippen LogP contribution in [0.2, 0.25) is 0 Å². The van der Waals surface area contributed by atoms with Crippen LogP contribution in [0, 0.1) is 5.92 Å². The molecule has 0 saturated carbocycles. The van der Waals surface area contributed by atoms with Crippen molar-refractivity contribution in [2.24, 2.45) is 5.92 Å². The first-order valence-electron chi connectivity index (χ1n) is 17.0. The van der Waals surface area contributed by atoms with E-state index < -0.39 is 18.2 Å². The molecule has 0 saturated heterocycles. The average molecular weight is 690 g/mol. The van der Waals surface area contributed by atoms with E-state index in [1.807, 2.05) is 32.0 Å². The third-order valence-corrected chi connectivity index (χ3v) is 8.77. The number of hydrogen-bond acceptors (Lipinski definition) is 8. The maximum Gasteiger partial charge on any atom is 0.323 e. The van der Waals surface area contributed by atoms with Crippen LogP contribution in [0.25, 0.3) is 0 Å². The lowest BCUT2D eigenvalue weighted by Crippen LogP contribution is -2.48. The number of aliphatic hydroxyl groups excluding tert-OH is 1. The number of likely N-dealkylation sites (N-methyl/N-ethyl adjacent to an activating group) is 1. The molecule has 3 aromatic rings. The molecule has 0 aromatic heterocycles. The van der Waals surface area contributed by atoms with Crippen molar-refractivity contribution in [1.82, 2.24) is 9.80 Å². The van der Waals surface area contributed by atoms with E-state index in [0.29, 0.717) is 40.9 Å². The van der Waals surface area contributed by atoms with E-state index in [1.165, 1.54) is 0 Å². The zero-order chi connectivity index (χ0) is 35.6. The zero-order valence-electron chi connectivity index (χ0n) is 29.0. The Bertz CT molecular complexity index is 1620. The molecule has 13 nitrogen and oxygen atoms in total. The molecule has 4 N–H and O–H groups in total. The van der Waals surface area contributed by atoms with Crippen LogP contribution in [0.15, 0.2) is 66.7 Å². The fourth-order valence-corrected chi connectivity index (χ4v) is 5.82. The maximum atomic E-state index is 14.4. The molecular weight excluding hydrogens is 642 g/mol. The molecule has 0 unspecified atom stereocenters. The van der Waals surface area contributed by atoms with Gasteiger partial charge in [-0.25, -0.2) is 9.59 Å². The Kier molecular flexibility index (Phi) is 12.4. The Hall–Kier alpha value is -5.01. The summed E-state index contributed by atoms with van der Waals surface area (Å²) >= 11 is 0. The number of rotatable bonds is 7. The molecule has 0 radical (unpaired) electrons. The monoisotopic (exact) mass is 689 g/mol. The summed E-state index contributed by atoms with van der Waals surface area (Å²) in [7, 11) is 1.70. The predicted octanol–water partition coefficient (Wildman–Crippen LogP) is 6.02. The number of amides is 5. The number of para-hydroxylation sites is 1. The van der Waals surface area contributed by atoms with E-state index >= 15 is 0 Å². The first kappa shape index (κ1) is 36.3. The molecule has 268 valence electrons. The van der Waals surface area contributed by atoms with Crippen molar-refractivity contribution >= 4 is 35.0 Å². The Labute approximate surface area is 292 Å². The van der Waals surface area contributed by atoms with Crippen molar-refractivity contribution in [2.75, 3.05) is 56.1 Å². The second-order valence-corrected chi connectivity index (χ2v) is 12.8. The molecule has 5 rings (SSSR count). The summed E-state index contributed by atoms with van der Waals surface area (Å²) < 4.78 is 23.5. The van der Waals surface area contributed by atoms with Gasteiger partial charge in [0.1, 0.15) is 5.75 Å². The van der Waals surface area contributed by atoms with Crippen molar-refractivity contribution in [3.05, 3.63) is 72.3 Å². The molecule has 4 atom stereocenters. The molecule has 0 aliphatic carbocycles. The molecule has 13 heteroatoms. The molecule has 5 amide bonds. The zero-order valence-corrected chi connectivity index (χ0v) is 29.0. The highest BCUT2D eigenvalue weighted by Gasteiger charge is 2.31. The van der Waals surface area contributed by atoms with Crippen molar-refractivity contribution < 1.29 is 38.4 Å². The topological polar surface area (TPSA) is 151 Å². The van der Waals surface area contributed by atoms with Gasteiger partial charge in [-0.15, -0.1) is 0 Å². The van der Waals surface area contributed by atoms with E-state index in [0.717, 1.165) is 19.3 Å². The van der Waals surface area contributed by atoms with Crippen LogP contribution < -0.4 is 30.2 Å².